The van der Waals surface area contributed by atoms with Crippen LogP contribution in [0.3, 0.4) is 0 Å². The molecule has 5 nitrogen and oxygen atoms in total. The minimum Gasteiger partial charge on any atom is -0.380 e. The molecule has 26 heavy (non-hydrogen) atoms. The standard InChI is InChI=1S/C21H33N4O/c1-2-26-17-12-24-20-9-4-3-8-19(20)22-21(24)18-23-10-7-15-25(16-11-23)13-5-6-14-25/h3-4,8-9H,2,5-7,10-18H2,1H3/q+1. The summed E-state index contributed by atoms with van der Waals surface area (Å²) in [6, 6.07) is 8.50. The fraction of sp³-hybridized carbons (Fsp3) is 0.667. The summed E-state index contributed by atoms with van der Waals surface area (Å²) in [5.74, 6) is 1.20. The Bertz CT molecular complexity index is 720. The number of aromatic nitrogens is 2. The zero-order chi connectivity index (χ0) is 17.8. The van der Waals surface area contributed by atoms with E-state index in [0.29, 0.717) is 0 Å². The Balaban J connectivity index is 1.49. The molecule has 142 valence electrons. The molecule has 2 saturated heterocycles. The summed E-state index contributed by atoms with van der Waals surface area (Å²) >= 11 is 0. The number of imidazole rings is 1. The first kappa shape index (κ1) is 18.0. The molecule has 5 heteroatoms. The van der Waals surface area contributed by atoms with Crippen LogP contribution in [0.2, 0.25) is 0 Å². The van der Waals surface area contributed by atoms with Crippen LogP contribution in [-0.2, 0) is 17.8 Å². The van der Waals surface area contributed by atoms with Crippen LogP contribution in [0, 0.1) is 0 Å². The van der Waals surface area contributed by atoms with Crippen LogP contribution in [0.5, 0.6) is 0 Å². The number of hydrogen-bond donors (Lipinski definition) is 0. The quantitative estimate of drug-likeness (QED) is 0.588. The minimum absolute atomic E-state index is 0.754. The second-order valence-electron chi connectivity index (χ2n) is 7.94. The summed E-state index contributed by atoms with van der Waals surface area (Å²) in [6.07, 6.45) is 4.17. The second-order valence-corrected chi connectivity index (χ2v) is 7.94. The lowest BCUT2D eigenvalue weighted by molar-refractivity contribution is -0.914. The van der Waals surface area contributed by atoms with Gasteiger partial charge in [-0.05, 0) is 19.1 Å². The van der Waals surface area contributed by atoms with Crippen molar-refractivity contribution in [2.24, 2.45) is 0 Å². The van der Waals surface area contributed by atoms with E-state index in [9.17, 15) is 0 Å². The molecule has 0 atom stereocenters. The Morgan fingerprint density at radius 2 is 1.85 bits per heavy atom. The summed E-state index contributed by atoms with van der Waals surface area (Å²) in [6.45, 7) is 13.3. The van der Waals surface area contributed by atoms with E-state index < -0.39 is 0 Å². The van der Waals surface area contributed by atoms with E-state index in [4.69, 9.17) is 9.72 Å². The molecule has 0 N–H and O–H groups in total. The maximum atomic E-state index is 5.62. The smallest absolute Gasteiger partial charge is 0.124 e. The van der Waals surface area contributed by atoms with Gasteiger partial charge in [0.05, 0.1) is 50.4 Å². The van der Waals surface area contributed by atoms with E-state index in [1.54, 1.807) is 0 Å². The average molecular weight is 358 g/mol. The van der Waals surface area contributed by atoms with Crippen LogP contribution in [-0.4, -0.2) is 71.4 Å². The van der Waals surface area contributed by atoms with E-state index >= 15 is 0 Å². The third kappa shape index (κ3) is 3.80. The fourth-order valence-corrected chi connectivity index (χ4v) is 4.81. The number of quaternary nitrogens is 1. The number of nitrogens with zero attached hydrogens (tertiary/aromatic N) is 4. The second kappa shape index (κ2) is 8.07. The summed E-state index contributed by atoms with van der Waals surface area (Å²) in [5, 5.41) is 0. The number of fused-ring (bicyclic) bond motifs is 1. The van der Waals surface area contributed by atoms with Gasteiger partial charge in [0.15, 0.2) is 0 Å². The van der Waals surface area contributed by atoms with Gasteiger partial charge in [-0.15, -0.1) is 0 Å². The number of para-hydroxylation sites is 2. The third-order valence-electron chi connectivity index (χ3n) is 6.27. The Morgan fingerprint density at radius 3 is 2.69 bits per heavy atom. The first-order valence-electron chi connectivity index (χ1n) is 10.4. The van der Waals surface area contributed by atoms with Gasteiger partial charge in [0, 0.05) is 45.5 Å². The van der Waals surface area contributed by atoms with E-state index in [1.165, 1.54) is 74.4 Å². The Morgan fingerprint density at radius 1 is 1.04 bits per heavy atom. The molecule has 0 unspecified atom stereocenters. The van der Waals surface area contributed by atoms with E-state index in [0.717, 1.165) is 31.8 Å². The molecule has 0 radical (unpaired) electrons. The third-order valence-corrected chi connectivity index (χ3v) is 6.27. The van der Waals surface area contributed by atoms with Crippen LogP contribution in [0.25, 0.3) is 11.0 Å². The Labute approximate surface area is 157 Å². The zero-order valence-electron chi connectivity index (χ0n) is 16.2. The van der Waals surface area contributed by atoms with Gasteiger partial charge in [-0.1, -0.05) is 12.1 Å². The van der Waals surface area contributed by atoms with E-state index in [1.807, 2.05) is 0 Å². The normalized spacial score (nSPS) is 20.8. The molecule has 2 aliphatic heterocycles. The van der Waals surface area contributed by atoms with Gasteiger partial charge in [0.2, 0.25) is 0 Å². The molecule has 0 aliphatic carbocycles. The first-order chi connectivity index (χ1) is 12.8. The number of benzene rings is 1. The number of hydrogen-bond acceptors (Lipinski definition) is 3. The SMILES string of the molecule is CCOCCn1c(CN2CCC[N+]3(CCCC3)CC2)nc2ccccc21. The molecule has 3 heterocycles. The average Bonchev–Trinajstić information content (AvgIpc) is 3.19. The van der Waals surface area contributed by atoms with Crippen molar-refractivity contribution in [2.75, 3.05) is 52.5 Å². The highest BCUT2D eigenvalue weighted by atomic mass is 16.5. The van der Waals surface area contributed by atoms with Crippen LogP contribution >= 0.6 is 0 Å². The predicted octanol–water partition coefficient (Wildman–Crippen LogP) is 2.89. The Hall–Kier alpha value is -1.43. The molecule has 4 rings (SSSR count). The van der Waals surface area contributed by atoms with E-state index in [-0.39, 0.29) is 0 Å². The highest BCUT2D eigenvalue weighted by Gasteiger charge is 2.34. The highest BCUT2D eigenvalue weighted by Crippen LogP contribution is 2.23. The van der Waals surface area contributed by atoms with Gasteiger partial charge in [0.1, 0.15) is 5.82 Å². The van der Waals surface area contributed by atoms with Crippen LogP contribution in [0.1, 0.15) is 32.0 Å². The van der Waals surface area contributed by atoms with Gasteiger partial charge in [-0.25, -0.2) is 4.98 Å². The largest absolute Gasteiger partial charge is 0.380 e. The highest BCUT2D eigenvalue weighted by molar-refractivity contribution is 5.75. The topological polar surface area (TPSA) is 30.3 Å². The maximum Gasteiger partial charge on any atom is 0.124 e. The van der Waals surface area contributed by atoms with Crippen molar-refractivity contribution in [3.05, 3.63) is 30.1 Å². The van der Waals surface area contributed by atoms with Crippen LogP contribution in [0.4, 0.5) is 0 Å². The van der Waals surface area contributed by atoms with Crippen LogP contribution < -0.4 is 0 Å². The molecule has 0 saturated carbocycles. The molecule has 0 bridgehead atoms. The molecule has 1 aromatic heterocycles. The van der Waals surface area contributed by atoms with Gasteiger partial charge >= 0.3 is 0 Å². The lowest BCUT2D eigenvalue weighted by Gasteiger charge is -2.32. The van der Waals surface area contributed by atoms with Gasteiger partial charge in [0.25, 0.3) is 0 Å². The van der Waals surface area contributed by atoms with Crippen molar-refractivity contribution in [2.45, 2.75) is 39.3 Å². The molecular formula is C21H33N4O+. The monoisotopic (exact) mass is 357 g/mol. The van der Waals surface area contributed by atoms with Crippen molar-refractivity contribution in [3.8, 4) is 0 Å². The minimum atomic E-state index is 0.754. The molecule has 2 fully saturated rings. The van der Waals surface area contributed by atoms with Gasteiger partial charge in [-0.3, -0.25) is 4.90 Å². The summed E-state index contributed by atoms with van der Waals surface area (Å²) in [7, 11) is 0. The fourth-order valence-electron chi connectivity index (χ4n) is 4.81. The van der Waals surface area contributed by atoms with E-state index in [2.05, 4.69) is 40.7 Å². The predicted molar refractivity (Wildman–Crippen MR) is 105 cm³/mol. The lowest BCUT2D eigenvalue weighted by Crippen LogP contribution is -2.47. The molecule has 2 aromatic rings. The summed E-state index contributed by atoms with van der Waals surface area (Å²) in [4.78, 5) is 7.59. The van der Waals surface area contributed by atoms with Crippen molar-refractivity contribution in [1.29, 1.82) is 0 Å². The molecule has 0 amide bonds. The van der Waals surface area contributed by atoms with Crippen molar-refractivity contribution in [1.82, 2.24) is 14.5 Å². The van der Waals surface area contributed by atoms with Gasteiger partial charge in [-0.2, -0.15) is 0 Å². The Kier molecular flexibility index (Phi) is 5.57. The van der Waals surface area contributed by atoms with Crippen LogP contribution in [0.15, 0.2) is 24.3 Å². The zero-order valence-corrected chi connectivity index (χ0v) is 16.2. The number of ether oxygens (including phenoxy) is 1. The van der Waals surface area contributed by atoms with Crippen molar-refractivity contribution >= 4 is 11.0 Å². The molecular weight excluding hydrogens is 324 g/mol. The molecule has 1 aromatic carbocycles. The summed E-state index contributed by atoms with van der Waals surface area (Å²) < 4.78 is 9.36. The maximum absolute atomic E-state index is 5.62. The number of rotatable bonds is 6. The molecule has 1 spiro atoms. The van der Waals surface area contributed by atoms with Crippen molar-refractivity contribution < 1.29 is 9.22 Å². The first-order valence-corrected chi connectivity index (χ1v) is 10.4. The van der Waals surface area contributed by atoms with Crippen molar-refractivity contribution in [3.63, 3.8) is 0 Å². The summed E-state index contributed by atoms with van der Waals surface area (Å²) in [5.41, 5.74) is 2.34. The molecule has 2 aliphatic rings. The van der Waals surface area contributed by atoms with Gasteiger partial charge < -0.3 is 13.8 Å². The lowest BCUT2D eigenvalue weighted by atomic mass is 10.3.